The minimum Gasteiger partial charge on any atom is -0.319 e. The highest BCUT2D eigenvalue weighted by Crippen LogP contribution is 2.23. The SMILES string of the molecule is CNCC1CCCC=C1C. The summed E-state index contributed by atoms with van der Waals surface area (Å²) in [5, 5.41) is 3.23. The summed E-state index contributed by atoms with van der Waals surface area (Å²) in [4.78, 5) is 0. The van der Waals surface area contributed by atoms with Gasteiger partial charge in [-0.3, -0.25) is 0 Å². The van der Waals surface area contributed by atoms with Crippen molar-refractivity contribution >= 4 is 0 Å². The Morgan fingerprint density at radius 1 is 1.70 bits per heavy atom. The zero-order valence-corrected chi connectivity index (χ0v) is 6.98. The summed E-state index contributed by atoms with van der Waals surface area (Å²) in [5.41, 5.74) is 1.58. The first kappa shape index (κ1) is 7.80. The number of nitrogens with one attached hydrogen (secondary N) is 1. The fourth-order valence-electron chi connectivity index (χ4n) is 1.60. The van der Waals surface area contributed by atoms with E-state index in [-0.39, 0.29) is 0 Å². The van der Waals surface area contributed by atoms with E-state index in [0.29, 0.717) is 0 Å². The highest BCUT2D eigenvalue weighted by Gasteiger charge is 2.12. The van der Waals surface area contributed by atoms with Crippen LogP contribution in [0.3, 0.4) is 0 Å². The van der Waals surface area contributed by atoms with Gasteiger partial charge in [0.15, 0.2) is 0 Å². The van der Waals surface area contributed by atoms with Gasteiger partial charge in [0.2, 0.25) is 0 Å². The summed E-state index contributed by atoms with van der Waals surface area (Å²) in [6.45, 7) is 3.41. The maximum atomic E-state index is 3.23. The molecule has 1 heteroatoms. The van der Waals surface area contributed by atoms with Gasteiger partial charge >= 0.3 is 0 Å². The lowest BCUT2D eigenvalue weighted by Gasteiger charge is -2.20. The molecule has 0 heterocycles. The molecule has 0 amide bonds. The zero-order chi connectivity index (χ0) is 7.40. The van der Waals surface area contributed by atoms with Crippen molar-refractivity contribution in [1.29, 1.82) is 0 Å². The quantitative estimate of drug-likeness (QED) is 0.577. The summed E-state index contributed by atoms with van der Waals surface area (Å²) in [6.07, 6.45) is 6.43. The van der Waals surface area contributed by atoms with Crippen molar-refractivity contribution in [2.24, 2.45) is 5.92 Å². The smallest absolute Gasteiger partial charge is 0.00137 e. The Bertz CT molecular complexity index is 127. The second-order valence-corrected chi connectivity index (χ2v) is 3.13. The van der Waals surface area contributed by atoms with E-state index in [1.807, 2.05) is 7.05 Å². The monoisotopic (exact) mass is 139 g/mol. The number of allylic oxidation sites excluding steroid dienone is 1. The van der Waals surface area contributed by atoms with E-state index in [2.05, 4.69) is 18.3 Å². The first-order valence-electron chi connectivity index (χ1n) is 4.16. The molecule has 1 nitrogen and oxygen atoms in total. The normalized spacial score (nSPS) is 26.2. The lowest BCUT2D eigenvalue weighted by molar-refractivity contribution is 0.489. The van der Waals surface area contributed by atoms with E-state index in [9.17, 15) is 0 Å². The molecule has 0 saturated carbocycles. The number of hydrogen-bond donors (Lipinski definition) is 1. The van der Waals surface area contributed by atoms with Crippen molar-refractivity contribution in [1.82, 2.24) is 5.32 Å². The van der Waals surface area contributed by atoms with Gasteiger partial charge in [-0.1, -0.05) is 11.6 Å². The van der Waals surface area contributed by atoms with Crippen LogP contribution in [0.15, 0.2) is 11.6 Å². The van der Waals surface area contributed by atoms with Crippen LogP contribution in [0, 0.1) is 5.92 Å². The third kappa shape index (κ3) is 1.84. The van der Waals surface area contributed by atoms with Crippen LogP contribution in [0.25, 0.3) is 0 Å². The van der Waals surface area contributed by atoms with Crippen LogP contribution in [-0.4, -0.2) is 13.6 Å². The van der Waals surface area contributed by atoms with E-state index < -0.39 is 0 Å². The molecule has 0 aromatic carbocycles. The fourth-order valence-corrected chi connectivity index (χ4v) is 1.60. The van der Waals surface area contributed by atoms with Crippen molar-refractivity contribution < 1.29 is 0 Å². The van der Waals surface area contributed by atoms with Crippen molar-refractivity contribution in [2.75, 3.05) is 13.6 Å². The summed E-state index contributed by atoms with van der Waals surface area (Å²) < 4.78 is 0. The number of hydrogen-bond acceptors (Lipinski definition) is 1. The summed E-state index contributed by atoms with van der Waals surface area (Å²) >= 11 is 0. The summed E-state index contributed by atoms with van der Waals surface area (Å²) in [5.74, 6) is 0.818. The summed E-state index contributed by atoms with van der Waals surface area (Å²) in [6, 6.07) is 0. The summed E-state index contributed by atoms with van der Waals surface area (Å²) in [7, 11) is 2.03. The average Bonchev–Trinajstić information content (AvgIpc) is 1.94. The molecule has 1 atom stereocenters. The van der Waals surface area contributed by atoms with E-state index in [4.69, 9.17) is 0 Å². The maximum Gasteiger partial charge on any atom is 0.00137 e. The molecule has 0 bridgehead atoms. The maximum absolute atomic E-state index is 3.23. The highest BCUT2D eigenvalue weighted by atomic mass is 14.8. The van der Waals surface area contributed by atoms with Crippen molar-refractivity contribution in [2.45, 2.75) is 26.2 Å². The van der Waals surface area contributed by atoms with Gasteiger partial charge < -0.3 is 5.32 Å². The average molecular weight is 139 g/mol. The van der Waals surface area contributed by atoms with Crippen molar-refractivity contribution in [3.8, 4) is 0 Å². The largest absolute Gasteiger partial charge is 0.319 e. The molecule has 0 aliphatic heterocycles. The molecule has 10 heavy (non-hydrogen) atoms. The predicted molar refractivity (Wildman–Crippen MR) is 45.0 cm³/mol. The molecule has 1 aliphatic rings. The van der Waals surface area contributed by atoms with Gasteiger partial charge in [-0.25, -0.2) is 0 Å². The Kier molecular flexibility index (Phi) is 2.94. The molecule has 58 valence electrons. The Morgan fingerprint density at radius 2 is 2.50 bits per heavy atom. The molecule has 0 saturated heterocycles. The molecule has 1 rings (SSSR count). The van der Waals surface area contributed by atoms with Crippen LogP contribution in [-0.2, 0) is 0 Å². The molecule has 0 aromatic heterocycles. The Labute approximate surface area is 63.5 Å². The first-order valence-corrected chi connectivity index (χ1v) is 4.16. The van der Waals surface area contributed by atoms with Crippen LogP contribution >= 0.6 is 0 Å². The molecule has 0 spiro atoms. The van der Waals surface area contributed by atoms with Gasteiger partial charge in [-0.2, -0.15) is 0 Å². The van der Waals surface area contributed by atoms with Gasteiger partial charge in [0.05, 0.1) is 0 Å². The van der Waals surface area contributed by atoms with Crippen molar-refractivity contribution in [3.63, 3.8) is 0 Å². The van der Waals surface area contributed by atoms with E-state index in [1.54, 1.807) is 5.57 Å². The Balaban J connectivity index is 2.41. The van der Waals surface area contributed by atoms with Crippen LogP contribution in [0.1, 0.15) is 26.2 Å². The van der Waals surface area contributed by atoms with Crippen LogP contribution in [0.4, 0.5) is 0 Å². The van der Waals surface area contributed by atoms with Gasteiger partial charge in [-0.05, 0) is 39.2 Å². The highest BCUT2D eigenvalue weighted by molar-refractivity contribution is 5.07. The van der Waals surface area contributed by atoms with Crippen LogP contribution in [0.5, 0.6) is 0 Å². The van der Waals surface area contributed by atoms with Crippen LogP contribution < -0.4 is 5.32 Å². The molecule has 0 radical (unpaired) electrons. The molecule has 0 fully saturated rings. The molecule has 1 N–H and O–H groups in total. The fraction of sp³-hybridized carbons (Fsp3) is 0.778. The molecule has 1 aliphatic carbocycles. The molecular formula is C9H17N. The van der Waals surface area contributed by atoms with Crippen LogP contribution in [0.2, 0.25) is 0 Å². The minimum absolute atomic E-state index is 0.818. The second kappa shape index (κ2) is 3.77. The Hall–Kier alpha value is -0.300. The number of rotatable bonds is 2. The lowest BCUT2D eigenvalue weighted by Crippen LogP contribution is -2.21. The third-order valence-corrected chi connectivity index (χ3v) is 2.32. The molecule has 0 aromatic rings. The molecule has 1 unspecified atom stereocenters. The van der Waals surface area contributed by atoms with Gasteiger partial charge in [-0.15, -0.1) is 0 Å². The standard InChI is InChI=1S/C9H17N/c1-8-5-3-4-6-9(8)7-10-2/h5,9-10H,3-4,6-7H2,1-2H3. The Morgan fingerprint density at radius 3 is 3.10 bits per heavy atom. The van der Waals surface area contributed by atoms with E-state index >= 15 is 0 Å². The second-order valence-electron chi connectivity index (χ2n) is 3.13. The zero-order valence-electron chi connectivity index (χ0n) is 6.98. The van der Waals surface area contributed by atoms with Gasteiger partial charge in [0.25, 0.3) is 0 Å². The van der Waals surface area contributed by atoms with E-state index in [1.165, 1.54) is 19.3 Å². The first-order chi connectivity index (χ1) is 4.84. The predicted octanol–water partition coefficient (Wildman–Crippen LogP) is 1.95. The topological polar surface area (TPSA) is 12.0 Å². The minimum atomic E-state index is 0.818. The lowest BCUT2D eigenvalue weighted by atomic mass is 9.89. The van der Waals surface area contributed by atoms with Crippen molar-refractivity contribution in [3.05, 3.63) is 11.6 Å². The van der Waals surface area contributed by atoms with Gasteiger partial charge in [0.1, 0.15) is 0 Å². The molecular weight excluding hydrogens is 122 g/mol. The van der Waals surface area contributed by atoms with E-state index in [0.717, 1.165) is 12.5 Å². The van der Waals surface area contributed by atoms with Gasteiger partial charge in [0, 0.05) is 6.54 Å². The third-order valence-electron chi connectivity index (χ3n) is 2.32.